The monoisotopic (exact) mass is 598 g/mol. The Morgan fingerprint density at radius 3 is 2.61 bits per heavy atom. The Kier molecular flexibility index (Phi) is 10.5. The summed E-state index contributed by atoms with van der Waals surface area (Å²) in [7, 11) is 0. The molecule has 6 bridgehead atoms. The van der Waals surface area contributed by atoms with Crippen molar-refractivity contribution in [1.82, 2.24) is 25.1 Å². The summed E-state index contributed by atoms with van der Waals surface area (Å²) in [4.78, 5) is 26.1. The molecule has 44 heavy (non-hydrogen) atoms. The Morgan fingerprint density at radius 1 is 0.977 bits per heavy atom. The van der Waals surface area contributed by atoms with Gasteiger partial charge in [0, 0.05) is 61.8 Å². The first-order chi connectivity index (χ1) is 21.7. The number of nitrogens with zero attached hydrogens (tertiary/aromatic N) is 4. The number of fused-ring (bicyclic) bond motifs is 7. The van der Waals surface area contributed by atoms with Crippen molar-refractivity contribution in [2.75, 3.05) is 64.4 Å². The second kappa shape index (κ2) is 15.3. The highest BCUT2D eigenvalue weighted by molar-refractivity contribution is 5.78. The Hall–Kier alpha value is -3.83. The quantitative estimate of drug-likeness (QED) is 0.389. The molecule has 232 valence electrons. The fourth-order valence-corrected chi connectivity index (χ4v) is 5.54. The second-order valence-electron chi connectivity index (χ2n) is 11.6. The van der Waals surface area contributed by atoms with E-state index in [-0.39, 0.29) is 5.91 Å². The average molecular weight is 599 g/mol. The number of carbonyl (C=O) groups excluding carboxylic acids is 1. The summed E-state index contributed by atoms with van der Waals surface area (Å²) in [6, 6.07) is 16.5. The Balaban J connectivity index is 1.06. The predicted molar refractivity (Wildman–Crippen MR) is 170 cm³/mol. The molecule has 10 nitrogen and oxygen atoms in total. The van der Waals surface area contributed by atoms with Crippen LogP contribution in [0.25, 0.3) is 11.3 Å². The molecule has 1 amide bonds. The molecule has 3 heterocycles. The maximum Gasteiger partial charge on any atom is 0.234 e. The topological polar surface area (TPSA) is 101 Å². The lowest BCUT2D eigenvalue weighted by Gasteiger charge is -2.35. The predicted octanol–water partition coefficient (Wildman–Crippen LogP) is 4.16. The molecule has 6 rings (SSSR count). The zero-order valence-corrected chi connectivity index (χ0v) is 25.2. The van der Waals surface area contributed by atoms with Crippen LogP contribution in [-0.2, 0) is 27.5 Å². The highest BCUT2D eigenvalue weighted by Crippen LogP contribution is 2.27. The number of piperazine rings is 1. The molecular formula is C34H42N6O4. The van der Waals surface area contributed by atoms with Crippen molar-refractivity contribution >= 4 is 17.5 Å². The second-order valence-corrected chi connectivity index (χ2v) is 11.6. The minimum absolute atomic E-state index is 0.159. The van der Waals surface area contributed by atoms with Gasteiger partial charge in [0.25, 0.3) is 0 Å². The maximum absolute atomic E-state index is 12.3. The Morgan fingerprint density at radius 2 is 1.80 bits per heavy atom. The number of benzene rings is 2. The summed E-state index contributed by atoms with van der Waals surface area (Å²) < 4.78 is 18.1. The van der Waals surface area contributed by atoms with Gasteiger partial charge in [-0.25, -0.2) is 9.97 Å². The molecule has 0 spiro atoms. The summed E-state index contributed by atoms with van der Waals surface area (Å²) in [5, 5.41) is 6.49. The van der Waals surface area contributed by atoms with Crippen LogP contribution in [-0.4, -0.2) is 90.8 Å². The standard InChI is InChI=1S/C34H42N6O4/c41-33(36-29-7-4-8-29)23-40-15-13-39(14-16-40)17-20-44-32-10-9-30-22-28(32)25-43-19-2-1-18-42-24-26-5-3-6-27(21-26)31-11-12-35-34(37-30)38-31/h1-3,5-6,9-12,21-22,29H,4,7-8,13-20,23-25H2,(H,36,41)(H,35,37,38)/b2-1+. The van der Waals surface area contributed by atoms with E-state index >= 15 is 0 Å². The molecular weight excluding hydrogens is 556 g/mol. The third kappa shape index (κ3) is 8.63. The SMILES string of the molecule is O=C(CN1CCN(CCOc2ccc3cc2COC/C=C/COCc2cccc(c2)-c2ccnc(n2)N3)CC1)NC1CCC1. The van der Waals surface area contributed by atoms with Gasteiger partial charge in [-0.05, 0) is 55.2 Å². The van der Waals surface area contributed by atoms with Gasteiger partial charge in [0.2, 0.25) is 11.9 Å². The lowest BCUT2D eigenvalue weighted by atomic mass is 9.93. The molecule has 3 aliphatic rings. The largest absolute Gasteiger partial charge is 0.492 e. The van der Waals surface area contributed by atoms with Crippen LogP contribution in [0.15, 0.2) is 66.9 Å². The van der Waals surface area contributed by atoms with Crippen LogP contribution in [0, 0.1) is 0 Å². The smallest absolute Gasteiger partial charge is 0.234 e. The minimum Gasteiger partial charge on any atom is -0.492 e. The number of anilines is 2. The van der Waals surface area contributed by atoms with Crippen molar-refractivity contribution in [3.8, 4) is 17.0 Å². The van der Waals surface area contributed by atoms with Gasteiger partial charge >= 0.3 is 0 Å². The van der Waals surface area contributed by atoms with E-state index in [0.29, 0.717) is 51.6 Å². The first kappa shape index (κ1) is 30.2. The first-order valence-electron chi connectivity index (χ1n) is 15.7. The molecule has 2 aliphatic heterocycles. The van der Waals surface area contributed by atoms with Crippen molar-refractivity contribution in [2.24, 2.45) is 0 Å². The molecule has 0 atom stereocenters. The number of nitrogens with one attached hydrogen (secondary N) is 2. The zero-order valence-electron chi connectivity index (χ0n) is 25.2. The van der Waals surface area contributed by atoms with Gasteiger partial charge in [-0.3, -0.25) is 14.6 Å². The maximum atomic E-state index is 12.3. The summed E-state index contributed by atoms with van der Waals surface area (Å²) in [5.41, 5.74) is 4.76. The van der Waals surface area contributed by atoms with E-state index in [1.807, 2.05) is 48.6 Å². The van der Waals surface area contributed by atoms with Crippen molar-refractivity contribution in [1.29, 1.82) is 0 Å². The average Bonchev–Trinajstić information content (AvgIpc) is 3.02. The van der Waals surface area contributed by atoms with Gasteiger partial charge in [-0.1, -0.05) is 30.4 Å². The number of hydrogen-bond donors (Lipinski definition) is 2. The van der Waals surface area contributed by atoms with Crippen LogP contribution in [0.1, 0.15) is 30.4 Å². The molecule has 0 radical (unpaired) electrons. The fourth-order valence-electron chi connectivity index (χ4n) is 5.54. The molecule has 2 N–H and O–H groups in total. The highest BCUT2D eigenvalue weighted by atomic mass is 16.5. The van der Waals surface area contributed by atoms with E-state index in [1.54, 1.807) is 6.20 Å². The van der Waals surface area contributed by atoms with Gasteiger partial charge in [0.1, 0.15) is 12.4 Å². The number of aromatic nitrogens is 2. The summed E-state index contributed by atoms with van der Waals surface area (Å²) in [6.45, 7) is 7.46. The molecule has 1 aliphatic carbocycles. The van der Waals surface area contributed by atoms with Crippen LogP contribution >= 0.6 is 0 Å². The van der Waals surface area contributed by atoms with E-state index in [0.717, 1.165) is 79.4 Å². The van der Waals surface area contributed by atoms with Gasteiger partial charge in [-0.15, -0.1) is 0 Å². The van der Waals surface area contributed by atoms with Gasteiger partial charge in [0.15, 0.2) is 0 Å². The highest BCUT2D eigenvalue weighted by Gasteiger charge is 2.23. The normalized spacial score (nSPS) is 19.1. The van der Waals surface area contributed by atoms with Crippen LogP contribution in [0.2, 0.25) is 0 Å². The van der Waals surface area contributed by atoms with Gasteiger partial charge in [-0.2, -0.15) is 0 Å². The molecule has 10 heteroatoms. The fraction of sp³-hybridized carbons (Fsp3) is 0.441. The van der Waals surface area contributed by atoms with E-state index in [4.69, 9.17) is 19.2 Å². The van der Waals surface area contributed by atoms with Crippen LogP contribution in [0.3, 0.4) is 0 Å². The first-order valence-corrected chi connectivity index (χ1v) is 15.7. The zero-order chi connectivity index (χ0) is 30.0. The lowest BCUT2D eigenvalue weighted by Crippen LogP contribution is -2.51. The third-order valence-corrected chi connectivity index (χ3v) is 8.28. The summed E-state index contributed by atoms with van der Waals surface area (Å²) in [6.07, 6.45) is 9.21. The van der Waals surface area contributed by atoms with Crippen LogP contribution < -0.4 is 15.4 Å². The third-order valence-electron chi connectivity index (χ3n) is 8.28. The van der Waals surface area contributed by atoms with Crippen molar-refractivity contribution in [3.63, 3.8) is 0 Å². The van der Waals surface area contributed by atoms with Gasteiger partial charge < -0.3 is 24.8 Å². The van der Waals surface area contributed by atoms with Gasteiger partial charge in [0.05, 0.1) is 38.7 Å². The molecule has 2 fully saturated rings. The molecule has 3 aromatic rings. The number of ether oxygens (including phenoxy) is 3. The van der Waals surface area contributed by atoms with E-state index < -0.39 is 0 Å². The van der Waals surface area contributed by atoms with Crippen LogP contribution in [0.5, 0.6) is 5.75 Å². The van der Waals surface area contributed by atoms with Crippen LogP contribution in [0.4, 0.5) is 11.6 Å². The molecule has 1 aromatic heterocycles. The lowest BCUT2D eigenvalue weighted by molar-refractivity contribution is -0.123. The Labute approximate surface area is 259 Å². The van der Waals surface area contributed by atoms with E-state index in [1.165, 1.54) is 6.42 Å². The number of rotatable bonds is 7. The minimum atomic E-state index is 0.159. The summed E-state index contributed by atoms with van der Waals surface area (Å²) >= 11 is 0. The van der Waals surface area contributed by atoms with E-state index in [2.05, 4.69) is 37.6 Å². The molecule has 1 saturated heterocycles. The molecule has 2 aromatic carbocycles. The number of hydrogen-bond acceptors (Lipinski definition) is 9. The van der Waals surface area contributed by atoms with E-state index in [9.17, 15) is 4.79 Å². The van der Waals surface area contributed by atoms with Crippen molar-refractivity contribution in [2.45, 2.75) is 38.5 Å². The number of amides is 1. The number of carbonyl (C=O) groups is 1. The van der Waals surface area contributed by atoms with Crippen molar-refractivity contribution in [3.05, 3.63) is 78.0 Å². The Bertz CT molecular complexity index is 1420. The molecule has 1 saturated carbocycles. The van der Waals surface area contributed by atoms with Crippen molar-refractivity contribution < 1.29 is 19.0 Å². The summed E-state index contributed by atoms with van der Waals surface area (Å²) in [5.74, 6) is 1.48. The molecule has 0 unspecified atom stereocenters.